The lowest BCUT2D eigenvalue weighted by molar-refractivity contribution is -0.0638. The van der Waals surface area contributed by atoms with Crippen molar-refractivity contribution in [3.05, 3.63) is 132 Å². The Kier molecular flexibility index (Phi) is 17.6. The largest absolute Gasteiger partial charge is 0.472 e. The summed E-state index contributed by atoms with van der Waals surface area (Å²) in [7, 11) is -21.3. The van der Waals surface area contributed by atoms with Gasteiger partial charge in [0.25, 0.3) is 22.2 Å². The van der Waals surface area contributed by atoms with Crippen molar-refractivity contribution in [1.82, 2.24) is 38.2 Å². The lowest BCUT2D eigenvalue weighted by atomic mass is 10.2. The summed E-state index contributed by atoms with van der Waals surface area (Å²) in [6.07, 6.45) is -15.8. The van der Waals surface area contributed by atoms with Gasteiger partial charge < -0.3 is 48.5 Å². The second-order valence-electron chi connectivity index (χ2n) is 17.1. The van der Waals surface area contributed by atoms with Crippen molar-refractivity contribution in [2.75, 3.05) is 26.4 Å². The molecule has 4 aromatic rings. The molecule has 0 bridgehead atoms. The van der Waals surface area contributed by atoms with Gasteiger partial charge in [-0.2, -0.15) is 0 Å². The van der Waals surface area contributed by atoms with Gasteiger partial charge in [-0.1, -0.05) is 0 Å². The zero-order chi connectivity index (χ0) is 55.8. The van der Waals surface area contributed by atoms with Crippen molar-refractivity contribution < 1.29 is 98.4 Å². The first kappa shape index (κ1) is 58.1. The zero-order valence-electron chi connectivity index (χ0n) is 38.9. The van der Waals surface area contributed by atoms with Gasteiger partial charge in [-0.3, -0.25) is 89.0 Å². The summed E-state index contributed by atoms with van der Waals surface area (Å²) >= 11 is 0. The van der Waals surface area contributed by atoms with Gasteiger partial charge in [0.2, 0.25) is 0 Å². The second kappa shape index (κ2) is 23.3. The number of H-pyrrole nitrogens is 4. The number of aromatic amines is 4. The van der Waals surface area contributed by atoms with E-state index in [1.54, 1.807) is 0 Å². The monoisotopic (exact) mass is 1180 g/mol. The van der Waals surface area contributed by atoms with Gasteiger partial charge in [-0.05, 0) is 0 Å². The SMILES string of the molecule is O=c1ccn([C@H]2C[C@H](OP(=O)(O)OC[C@H]3O[C@@H](n4ccc(=O)[nH]c4=O)C[C@@H]3OP(=O)(O)OC[C@H]3O[C@@H](n4ccc(=O)[nH]c4=O)C[C@@H]3OP(=O)(O)OC[C@H]3O[C@@H](n4ccc(=O)[nH]c4=O)C[C@@H]3O)[C@@H](COP(=O)(O)O)O2)c(=O)[nH]1. The Bertz CT molecular complexity index is 3490. The summed E-state index contributed by atoms with van der Waals surface area (Å²) < 4.78 is 114. The van der Waals surface area contributed by atoms with Crippen molar-refractivity contribution in [2.45, 2.75) is 99.4 Å². The van der Waals surface area contributed by atoms with Gasteiger partial charge in [0.05, 0.1) is 32.5 Å². The Balaban J connectivity index is 0.954. The highest BCUT2D eigenvalue weighted by molar-refractivity contribution is 7.48. The summed E-state index contributed by atoms with van der Waals surface area (Å²) in [6, 6.07) is 3.80. The number of hydrogen-bond acceptors (Lipinski definition) is 24. The van der Waals surface area contributed by atoms with E-state index in [0.29, 0.717) is 0 Å². The number of hydrogen-bond donors (Lipinski definition) is 10. The molecule has 8 rings (SSSR count). The predicted molar refractivity (Wildman–Crippen MR) is 245 cm³/mol. The Morgan fingerprint density at radius 3 is 0.974 bits per heavy atom. The Morgan fingerprint density at radius 1 is 0.429 bits per heavy atom. The number of phosphoric ester groups is 4. The summed E-state index contributed by atoms with van der Waals surface area (Å²) in [5.74, 6) is 0. The minimum atomic E-state index is -5.48. The van der Waals surface area contributed by atoms with E-state index in [9.17, 15) is 86.2 Å². The molecule has 3 unspecified atom stereocenters. The first-order valence-corrected chi connectivity index (χ1v) is 28.3. The summed E-state index contributed by atoms with van der Waals surface area (Å²) in [6.45, 7) is -3.94. The molecule has 4 saturated heterocycles. The van der Waals surface area contributed by atoms with E-state index in [1.807, 2.05) is 19.9 Å². The molecule has 37 nitrogen and oxygen atoms in total. The van der Waals surface area contributed by atoms with E-state index in [4.69, 9.17) is 46.1 Å². The van der Waals surface area contributed by atoms with Gasteiger partial charge >= 0.3 is 54.0 Å². The average Bonchev–Trinajstić information content (AvgIpc) is 4.12. The van der Waals surface area contributed by atoms with Crippen molar-refractivity contribution in [3.63, 3.8) is 0 Å². The number of rotatable bonds is 22. The van der Waals surface area contributed by atoms with Crippen molar-refractivity contribution in [1.29, 1.82) is 0 Å². The van der Waals surface area contributed by atoms with Gasteiger partial charge in [0.15, 0.2) is 0 Å². The molecule has 424 valence electrons. The van der Waals surface area contributed by atoms with E-state index < -0.39 is 196 Å². The molecule has 0 aromatic carbocycles. The quantitative estimate of drug-likeness (QED) is 0.0339. The number of aliphatic hydroxyl groups is 1. The Morgan fingerprint density at radius 2 is 0.688 bits per heavy atom. The minimum absolute atomic E-state index is 0.221. The zero-order valence-corrected chi connectivity index (χ0v) is 42.4. The predicted octanol–water partition coefficient (Wildman–Crippen LogP) is -3.69. The molecule has 77 heavy (non-hydrogen) atoms. The third-order valence-electron chi connectivity index (χ3n) is 11.8. The molecule has 4 aliphatic heterocycles. The number of nitrogens with one attached hydrogen (secondary N) is 4. The minimum Gasteiger partial charge on any atom is -0.390 e. The van der Waals surface area contributed by atoms with Crippen LogP contribution in [0.5, 0.6) is 0 Å². The normalized spacial score (nSPS) is 30.0. The molecule has 10 N–H and O–H groups in total. The standard InChI is InChI=1S/C36H46N8O29P4/c45-17-9-29(41-5-1-25(46)37-33(41)50)67-21(17)13-64-75(57,58)72-19-11-31(43-7-3-27(48)39-35(43)52)69-23(19)15-66-77(61,62)73-20-12-32(44-8-4-28(49)40-36(44)53)70-24(20)16-65-76(59,60)71-18-10-30(42-6-2-26(47)38-34(42)51)68-22(18)14-63-74(54,55)56/h1-8,17-24,29-32,45H,9-16H2,(H,57,58)(H,59,60)(H,61,62)(H,37,46,50)(H,38,47,51)(H,39,48,52)(H,40,49,53)(H2,54,55,56)/t17-,18-,19-,20-,21+,22+,23+,24+,29+,30+,31+,32+/m0/s1. The molecule has 0 amide bonds. The lowest BCUT2D eigenvalue weighted by Crippen LogP contribution is -2.32. The van der Waals surface area contributed by atoms with Gasteiger partial charge in [-0.15, -0.1) is 0 Å². The van der Waals surface area contributed by atoms with Crippen LogP contribution in [-0.2, 0) is 68.9 Å². The number of nitrogens with zero attached hydrogens (tertiary/aromatic N) is 4. The molecule has 0 aliphatic carbocycles. The third kappa shape index (κ3) is 15.0. The van der Waals surface area contributed by atoms with Crippen LogP contribution in [0.4, 0.5) is 0 Å². The molecule has 4 aliphatic rings. The van der Waals surface area contributed by atoms with E-state index in [0.717, 1.165) is 67.3 Å². The van der Waals surface area contributed by atoms with Crippen LogP contribution in [0, 0.1) is 0 Å². The lowest BCUT2D eigenvalue weighted by Gasteiger charge is -2.25. The van der Waals surface area contributed by atoms with Crippen LogP contribution in [0.3, 0.4) is 0 Å². The molecule has 4 fully saturated rings. The highest BCUT2D eigenvalue weighted by Crippen LogP contribution is 2.53. The van der Waals surface area contributed by atoms with Crippen LogP contribution in [0.15, 0.2) is 87.4 Å². The van der Waals surface area contributed by atoms with Crippen LogP contribution < -0.4 is 45.0 Å². The van der Waals surface area contributed by atoms with E-state index >= 15 is 0 Å². The smallest absolute Gasteiger partial charge is 0.390 e. The summed E-state index contributed by atoms with van der Waals surface area (Å²) in [5, 5.41) is 10.6. The fourth-order valence-corrected chi connectivity index (χ4v) is 11.5. The molecular weight excluding hydrogens is 1130 g/mol. The number of aromatic nitrogens is 8. The van der Waals surface area contributed by atoms with E-state index in [-0.39, 0.29) is 6.42 Å². The van der Waals surface area contributed by atoms with Crippen LogP contribution in [0.25, 0.3) is 0 Å². The molecular formula is C36H46N8O29P4. The molecule has 0 radical (unpaired) electrons. The number of aliphatic hydroxyl groups excluding tert-OH is 1. The first-order chi connectivity index (χ1) is 36.1. The number of phosphoric acid groups is 4. The Hall–Kier alpha value is -5.04. The summed E-state index contributed by atoms with van der Waals surface area (Å²) in [4.78, 5) is 156. The highest BCUT2D eigenvalue weighted by Gasteiger charge is 2.48. The van der Waals surface area contributed by atoms with Crippen LogP contribution in [0.1, 0.15) is 50.6 Å². The maximum absolute atomic E-state index is 13.7. The topological polar surface area (TPSA) is 511 Å². The highest BCUT2D eigenvalue weighted by atomic mass is 31.2. The molecule has 4 aromatic heterocycles. The van der Waals surface area contributed by atoms with Crippen LogP contribution in [0.2, 0.25) is 0 Å². The molecule has 0 spiro atoms. The van der Waals surface area contributed by atoms with Crippen LogP contribution >= 0.6 is 31.3 Å². The summed E-state index contributed by atoms with van der Waals surface area (Å²) in [5.41, 5.74) is -7.09. The third-order valence-corrected chi connectivity index (χ3v) is 15.3. The van der Waals surface area contributed by atoms with Gasteiger partial charge in [-0.25, -0.2) is 37.4 Å². The van der Waals surface area contributed by atoms with E-state index in [1.165, 1.54) is 0 Å². The van der Waals surface area contributed by atoms with Crippen molar-refractivity contribution in [3.8, 4) is 0 Å². The Labute approximate surface area is 425 Å². The molecule has 15 atom stereocenters. The maximum atomic E-state index is 13.7. The maximum Gasteiger partial charge on any atom is 0.472 e. The fourth-order valence-electron chi connectivity index (χ4n) is 8.33. The molecule has 41 heteroatoms. The van der Waals surface area contributed by atoms with Crippen molar-refractivity contribution >= 4 is 31.3 Å². The number of ether oxygens (including phenoxy) is 4. The van der Waals surface area contributed by atoms with Gasteiger partial charge in [0.1, 0.15) is 67.6 Å². The van der Waals surface area contributed by atoms with E-state index in [2.05, 4.69) is 4.52 Å². The molecule has 8 heterocycles. The second-order valence-corrected chi connectivity index (χ2v) is 22.6. The molecule has 0 saturated carbocycles. The van der Waals surface area contributed by atoms with Crippen molar-refractivity contribution in [2.24, 2.45) is 0 Å². The average molecular weight is 1180 g/mol. The van der Waals surface area contributed by atoms with Crippen LogP contribution in [-0.4, -0.2) is 143 Å². The van der Waals surface area contributed by atoms with Gasteiger partial charge in [0, 0.05) is 74.7 Å². The first-order valence-electron chi connectivity index (χ1n) is 22.3. The fraction of sp³-hybridized carbons (Fsp3) is 0.556.